The van der Waals surface area contributed by atoms with E-state index in [-0.39, 0.29) is 5.92 Å². The van der Waals surface area contributed by atoms with Gasteiger partial charge in [-0.25, -0.2) is 0 Å². The van der Waals surface area contributed by atoms with E-state index in [0.717, 1.165) is 44.6 Å². The first-order valence-electron chi connectivity index (χ1n) is 6.83. The number of fused-ring (bicyclic) bond motifs is 1. The lowest BCUT2D eigenvalue weighted by atomic mass is 9.97. The second kappa shape index (κ2) is 4.73. The number of nitrogens with zero attached hydrogens (tertiary/aromatic N) is 2. The first-order chi connectivity index (χ1) is 8.75. The summed E-state index contributed by atoms with van der Waals surface area (Å²) in [5.74, 6) is 0.515. The van der Waals surface area contributed by atoms with Crippen LogP contribution in [0.5, 0.6) is 0 Å². The molecule has 1 aromatic rings. The molecule has 0 aromatic heterocycles. The Kier molecular flexibility index (Phi) is 3.08. The van der Waals surface area contributed by atoms with Crippen molar-refractivity contribution in [2.75, 3.05) is 31.6 Å². The van der Waals surface area contributed by atoms with Crippen LogP contribution in [0.2, 0.25) is 0 Å². The number of likely N-dealkylation sites (tertiary alicyclic amines) is 1. The molecule has 1 fully saturated rings. The second-order valence-corrected chi connectivity index (χ2v) is 5.47. The topological polar surface area (TPSA) is 23.6 Å². The summed E-state index contributed by atoms with van der Waals surface area (Å²) in [5.41, 5.74) is 2.45. The van der Waals surface area contributed by atoms with Crippen LogP contribution in [0.15, 0.2) is 24.3 Å². The number of piperidine rings is 1. The van der Waals surface area contributed by atoms with Gasteiger partial charge in [0.2, 0.25) is 5.91 Å². The molecule has 3 nitrogen and oxygen atoms in total. The molecule has 96 valence electrons. The van der Waals surface area contributed by atoms with E-state index >= 15 is 0 Å². The third kappa shape index (κ3) is 2.03. The van der Waals surface area contributed by atoms with Crippen molar-refractivity contribution in [3.8, 4) is 0 Å². The predicted molar refractivity (Wildman–Crippen MR) is 72.7 cm³/mol. The van der Waals surface area contributed by atoms with Crippen LogP contribution in [0.1, 0.15) is 18.4 Å². The summed E-state index contributed by atoms with van der Waals surface area (Å²) in [4.78, 5) is 16.9. The van der Waals surface area contributed by atoms with Crippen LogP contribution in [0.4, 0.5) is 5.69 Å². The summed E-state index contributed by atoms with van der Waals surface area (Å²) in [6, 6.07) is 8.29. The van der Waals surface area contributed by atoms with Crippen LogP contribution in [0.3, 0.4) is 0 Å². The van der Waals surface area contributed by atoms with Crippen molar-refractivity contribution in [3.05, 3.63) is 29.8 Å². The van der Waals surface area contributed by atoms with Crippen molar-refractivity contribution in [3.63, 3.8) is 0 Å². The van der Waals surface area contributed by atoms with Crippen LogP contribution in [-0.4, -0.2) is 37.5 Å². The zero-order chi connectivity index (χ0) is 12.5. The van der Waals surface area contributed by atoms with Gasteiger partial charge in [-0.3, -0.25) is 4.79 Å². The zero-order valence-corrected chi connectivity index (χ0v) is 10.9. The van der Waals surface area contributed by atoms with Crippen molar-refractivity contribution in [2.45, 2.75) is 19.3 Å². The molecule has 1 saturated heterocycles. The number of rotatable bonds is 1. The molecule has 0 saturated carbocycles. The highest BCUT2D eigenvalue weighted by molar-refractivity contribution is 5.97. The number of hydrogen-bond donors (Lipinski definition) is 0. The zero-order valence-electron chi connectivity index (χ0n) is 10.9. The molecule has 2 aliphatic rings. The lowest BCUT2D eigenvalue weighted by Crippen LogP contribution is -2.43. The van der Waals surface area contributed by atoms with Gasteiger partial charge in [-0.1, -0.05) is 18.2 Å². The van der Waals surface area contributed by atoms with Gasteiger partial charge < -0.3 is 9.80 Å². The molecule has 0 spiro atoms. The van der Waals surface area contributed by atoms with Gasteiger partial charge in [0.25, 0.3) is 0 Å². The Balaban J connectivity index is 1.78. The van der Waals surface area contributed by atoms with Gasteiger partial charge in [0, 0.05) is 18.8 Å². The fourth-order valence-electron chi connectivity index (χ4n) is 3.16. The van der Waals surface area contributed by atoms with Gasteiger partial charge in [0.05, 0.1) is 5.92 Å². The molecule has 1 atom stereocenters. The van der Waals surface area contributed by atoms with E-state index in [9.17, 15) is 4.79 Å². The maximum absolute atomic E-state index is 12.6. The highest BCUT2D eigenvalue weighted by atomic mass is 16.2. The van der Waals surface area contributed by atoms with Gasteiger partial charge in [-0.15, -0.1) is 0 Å². The first kappa shape index (κ1) is 11.7. The van der Waals surface area contributed by atoms with E-state index in [4.69, 9.17) is 0 Å². The largest absolute Gasteiger partial charge is 0.312 e. The third-order valence-electron chi connectivity index (χ3n) is 4.13. The summed E-state index contributed by atoms with van der Waals surface area (Å²) in [7, 11) is 2.11. The summed E-state index contributed by atoms with van der Waals surface area (Å²) in [5, 5.41) is 0. The van der Waals surface area contributed by atoms with Gasteiger partial charge in [-0.2, -0.15) is 0 Å². The molecule has 3 rings (SSSR count). The van der Waals surface area contributed by atoms with Gasteiger partial charge in [0.15, 0.2) is 0 Å². The van der Waals surface area contributed by atoms with E-state index < -0.39 is 0 Å². The predicted octanol–water partition coefficient (Wildman–Crippen LogP) is 1.92. The minimum Gasteiger partial charge on any atom is -0.312 e. The molecule has 0 N–H and O–H groups in total. The molecular formula is C15H20N2O. The van der Waals surface area contributed by atoms with E-state index in [0.29, 0.717) is 5.91 Å². The van der Waals surface area contributed by atoms with Crippen molar-refractivity contribution < 1.29 is 4.79 Å². The molecule has 0 radical (unpaired) electrons. The SMILES string of the molecule is CN1CCC[C@@H](C(=O)N2CCc3ccccc32)C1. The summed E-state index contributed by atoms with van der Waals surface area (Å²) in [6.07, 6.45) is 3.19. The van der Waals surface area contributed by atoms with E-state index in [1.165, 1.54) is 5.56 Å². The van der Waals surface area contributed by atoms with Crippen LogP contribution in [0.25, 0.3) is 0 Å². The Morgan fingerprint density at radius 3 is 2.94 bits per heavy atom. The molecule has 2 heterocycles. The van der Waals surface area contributed by atoms with Gasteiger partial charge in [-0.05, 0) is 44.5 Å². The average Bonchev–Trinajstić information content (AvgIpc) is 2.82. The summed E-state index contributed by atoms with van der Waals surface area (Å²) >= 11 is 0. The first-order valence-corrected chi connectivity index (χ1v) is 6.83. The second-order valence-electron chi connectivity index (χ2n) is 5.47. The normalized spacial score (nSPS) is 24.1. The Bertz CT molecular complexity index is 458. The number of carbonyl (C=O) groups excluding carboxylic acids is 1. The van der Waals surface area contributed by atoms with Crippen LogP contribution in [-0.2, 0) is 11.2 Å². The van der Waals surface area contributed by atoms with Crippen molar-refractivity contribution >= 4 is 11.6 Å². The number of carbonyl (C=O) groups is 1. The fourth-order valence-corrected chi connectivity index (χ4v) is 3.16. The Morgan fingerprint density at radius 1 is 1.28 bits per heavy atom. The molecule has 0 unspecified atom stereocenters. The quantitative estimate of drug-likeness (QED) is 0.753. The minimum absolute atomic E-state index is 0.190. The highest BCUT2D eigenvalue weighted by Crippen LogP contribution is 2.30. The molecule has 0 aliphatic carbocycles. The number of benzene rings is 1. The molecule has 1 amide bonds. The van der Waals surface area contributed by atoms with Crippen molar-refractivity contribution in [1.82, 2.24) is 4.90 Å². The van der Waals surface area contributed by atoms with E-state index in [1.54, 1.807) is 0 Å². The molecule has 18 heavy (non-hydrogen) atoms. The molecule has 3 heteroatoms. The van der Waals surface area contributed by atoms with E-state index in [2.05, 4.69) is 30.1 Å². The molecule has 2 aliphatic heterocycles. The smallest absolute Gasteiger partial charge is 0.231 e. The van der Waals surface area contributed by atoms with Crippen LogP contribution >= 0.6 is 0 Å². The van der Waals surface area contributed by atoms with E-state index in [1.807, 2.05) is 11.0 Å². The Labute approximate surface area is 108 Å². The van der Waals surface area contributed by atoms with Crippen molar-refractivity contribution in [1.29, 1.82) is 0 Å². The average molecular weight is 244 g/mol. The van der Waals surface area contributed by atoms with Gasteiger partial charge >= 0.3 is 0 Å². The molecule has 0 bridgehead atoms. The maximum atomic E-state index is 12.6. The Morgan fingerprint density at radius 2 is 2.11 bits per heavy atom. The monoisotopic (exact) mass is 244 g/mol. The van der Waals surface area contributed by atoms with Crippen molar-refractivity contribution in [2.24, 2.45) is 5.92 Å². The number of para-hydroxylation sites is 1. The summed E-state index contributed by atoms with van der Waals surface area (Å²) in [6.45, 7) is 2.90. The lowest BCUT2D eigenvalue weighted by molar-refractivity contribution is -0.123. The highest BCUT2D eigenvalue weighted by Gasteiger charge is 2.31. The number of amides is 1. The van der Waals surface area contributed by atoms with Crippen LogP contribution in [0, 0.1) is 5.92 Å². The fraction of sp³-hybridized carbons (Fsp3) is 0.533. The number of hydrogen-bond acceptors (Lipinski definition) is 2. The minimum atomic E-state index is 0.190. The molecular weight excluding hydrogens is 224 g/mol. The Hall–Kier alpha value is -1.35. The maximum Gasteiger partial charge on any atom is 0.231 e. The van der Waals surface area contributed by atoms with Crippen LogP contribution < -0.4 is 4.90 Å². The summed E-state index contributed by atoms with van der Waals surface area (Å²) < 4.78 is 0. The standard InChI is InChI=1S/C15H20N2O/c1-16-9-4-6-13(11-16)15(18)17-10-8-12-5-2-3-7-14(12)17/h2-3,5,7,13H,4,6,8-11H2,1H3/t13-/m1/s1. The molecule has 1 aromatic carbocycles. The third-order valence-corrected chi connectivity index (χ3v) is 4.13. The van der Waals surface area contributed by atoms with Gasteiger partial charge in [0.1, 0.15) is 0 Å². The number of anilines is 1. The lowest BCUT2D eigenvalue weighted by Gasteiger charge is -2.31.